The lowest BCUT2D eigenvalue weighted by molar-refractivity contribution is -0.136. The molecule has 0 unspecified atom stereocenters. The third kappa shape index (κ3) is 4.79. The molecule has 2 amide bonds. The fourth-order valence-corrected chi connectivity index (χ4v) is 3.47. The Morgan fingerprint density at radius 1 is 1.03 bits per heavy atom. The standard InChI is InChI=1S/C21H25N3O7/c1-4-29-21(28)18-13(2)17(14(3)22-18)20(27)31-12-16(25)23-7-9-24(10-8-23)19(26)15-6-5-11-30-15/h5-6,11,22H,4,7-10,12H2,1-3H3. The third-order valence-corrected chi connectivity index (χ3v) is 5.10. The number of esters is 2. The van der Waals surface area contributed by atoms with Gasteiger partial charge in [0, 0.05) is 31.9 Å². The van der Waals surface area contributed by atoms with Crippen LogP contribution < -0.4 is 0 Å². The number of rotatable bonds is 6. The van der Waals surface area contributed by atoms with Crippen LogP contribution in [0, 0.1) is 13.8 Å². The number of amides is 2. The van der Waals surface area contributed by atoms with Crippen molar-refractivity contribution in [3.63, 3.8) is 0 Å². The zero-order valence-electron chi connectivity index (χ0n) is 17.7. The molecule has 1 saturated heterocycles. The van der Waals surface area contributed by atoms with E-state index in [1.165, 1.54) is 6.26 Å². The van der Waals surface area contributed by atoms with Gasteiger partial charge in [-0.3, -0.25) is 9.59 Å². The fourth-order valence-electron chi connectivity index (χ4n) is 3.47. The van der Waals surface area contributed by atoms with E-state index in [4.69, 9.17) is 13.9 Å². The van der Waals surface area contributed by atoms with E-state index in [2.05, 4.69) is 4.98 Å². The van der Waals surface area contributed by atoms with E-state index in [1.54, 1.807) is 42.7 Å². The Balaban J connectivity index is 1.53. The Hall–Kier alpha value is -3.56. The van der Waals surface area contributed by atoms with Crippen LogP contribution in [0.2, 0.25) is 0 Å². The van der Waals surface area contributed by atoms with Crippen LogP contribution in [0.5, 0.6) is 0 Å². The number of aromatic amines is 1. The van der Waals surface area contributed by atoms with Gasteiger partial charge in [-0.15, -0.1) is 0 Å². The molecule has 2 aromatic rings. The highest BCUT2D eigenvalue weighted by Gasteiger charge is 2.28. The van der Waals surface area contributed by atoms with Gasteiger partial charge in [-0.05, 0) is 38.5 Å². The second-order valence-electron chi connectivity index (χ2n) is 7.07. The summed E-state index contributed by atoms with van der Waals surface area (Å²) in [5.41, 5.74) is 1.28. The number of furan rings is 1. The molecule has 0 atom stereocenters. The van der Waals surface area contributed by atoms with Crippen molar-refractivity contribution in [2.24, 2.45) is 0 Å². The van der Waals surface area contributed by atoms with Gasteiger partial charge in [-0.25, -0.2) is 9.59 Å². The number of carbonyl (C=O) groups excluding carboxylic acids is 4. The molecule has 0 bridgehead atoms. The Labute approximate surface area is 179 Å². The monoisotopic (exact) mass is 431 g/mol. The van der Waals surface area contributed by atoms with Crippen molar-refractivity contribution in [2.45, 2.75) is 20.8 Å². The van der Waals surface area contributed by atoms with Gasteiger partial charge >= 0.3 is 11.9 Å². The first-order valence-electron chi connectivity index (χ1n) is 9.97. The first-order chi connectivity index (χ1) is 14.8. The highest BCUT2D eigenvalue weighted by atomic mass is 16.5. The second-order valence-corrected chi connectivity index (χ2v) is 7.07. The van der Waals surface area contributed by atoms with Gasteiger partial charge in [-0.1, -0.05) is 0 Å². The molecule has 1 aliphatic rings. The lowest BCUT2D eigenvalue weighted by atomic mass is 10.1. The molecule has 0 saturated carbocycles. The molecule has 10 heteroatoms. The number of hydrogen-bond donors (Lipinski definition) is 1. The number of aromatic nitrogens is 1. The van der Waals surface area contributed by atoms with Crippen molar-refractivity contribution < 1.29 is 33.1 Å². The largest absolute Gasteiger partial charge is 0.461 e. The van der Waals surface area contributed by atoms with E-state index in [1.807, 2.05) is 0 Å². The number of nitrogens with one attached hydrogen (secondary N) is 1. The first-order valence-corrected chi connectivity index (χ1v) is 9.97. The topological polar surface area (TPSA) is 122 Å². The molecule has 10 nitrogen and oxygen atoms in total. The molecule has 166 valence electrons. The van der Waals surface area contributed by atoms with Gasteiger partial charge in [0.15, 0.2) is 12.4 Å². The summed E-state index contributed by atoms with van der Waals surface area (Å²) < 4.78 is 15.3. The maximum absolute atomic E-state index is 12.5. The Morgan fingerprint density at radius 2 is 1.71 bits per heavy atom. The molecule has 1 aliphatic heterocycles. The van der Waals surface area contributed by atoms with Gasteiger partial charge in [0.2, 0.25) is 0 Å². The predicted molar refractivity (Wildman–Crippen MR) is 108 cm³/mol. The van der Waals surface area contributed by atoms with Crippen molar-refractivity contribution in [1.82, 2.24) is 14.8 Å². The molecule has 0 aliphatic carbocycles. The van der Waals surface area contributed by atoms with Gasteiger partial charge in [0.05, 0.1) is 18.4 Å². The number of nitrogens with zero attached hydrogens (tertiary/aromatic N) is 2. The minimum Gasteiger partial charge on any atom is -0.461 e. The van der Waals surface area contributed by atoms with Crippen LogP contribution in [0.25, 0.3) is 0 Å². The summed E-state index contributed by atoms with van der Waals surface area (Å²) in [5.74, 6) is -1.57. The summed E-state index contributed by atoms with van der Waals surface area (Å²) in [5, 5.41) is 0. The molecular weight excluding hydrogens is 406 g/mol. The van der Waals surface area contributed by atoms with Crippen molar-refractivity contribution in [3.05, 3.63) is 46.7 Å². The van der Waals surface area contributed by atoms with Crippen LogP contribution in [0.15, 0.2) is 22.8 Å². The van der Waals surface area contributed by atoms with Gasteiger partial charge in [0.1, 0.15) is 5.69 Å². The highest BCUT2D eigenvalue weighted by Crippen LogP contribution is 2.20. The van der Waals surface area contributed by atoms with Crippen molar-refractivity contribution in [2.75, 3.05) is 39.4 Å². The van der Waals surface area contributed by atoms with Crippen molar-refractivity contribution in [3.8, 4) is 0 Å². The first kappa shape index (κ1) is 22.1. The van der Waals surface area contributed by atoms with E-state index in [0.29, 0.717) is 37.4 Å². The van der Waals surface area contributed by atoms with Crippen LogP contribution in [0.4, 0.5) is 0 Å². The van der Waals surface area contributed by atoms with E-state index < -0.39 is 18.5 Å². The average Bonchev–Trinajstić information content (AvgIpc) is 3.40. The minimum absolute atomic E-state index is 0.190. The van der Waals surface area contributed by atoms with Crippen molar-refractivity contribution in [1.29, 1.82) is 0 Å². The second kappa shape index (κ2) is 9.50. The summed E-state index contributed by atoms with van der Waals surface area (Å²) in [6, 6.07) is 3.24. The third-order valence-electron chi connectivity index (χ3n) is 5.10. The summed E-state index contributed by atoms with van der Waals surface area (Å²) in [6.07, 6.45) is 1.44. The normalized spacial score (nSPS) is 13.8. The van der Waals surface area contributed by atoms with Crippen LogP contribution in [0.1, 0.15) is 49.6 Å². The minimum atomic E-state index is -0.693. The maximum Gasteiger partial charge on any atom is 0.355 e. The molecule has 0 radical (unpaired) electrons. The molecule has 31 heavy (non-hydrogen) atoms. The molecule has 0 aromatic carbocycles. The van der Waals surface area contributed by atoms with Gasteiger partial charge in [0.25, 0.3) is 11.8 Å². The molecule has 0 spiro atoms. The summed E-state index contributed by atoms with van der Waals surface area (Å²) in [7, 11) is 0. The molecule has 3 heterocycles. The van der Waals surface area contributed by atoms with Crippen LogP contribution in [-0.2, 0) is 14.3 Å². The Morgan fingerprint density at radius 3 is 2.32 bits per heavy atom. The molecule has 2 aromatic heterocycles. The number of piperazine rings is 1. The SMILES string of the molecule is CCOC(=O)c1[nH]c(C)c(C(=O)OCC(=O)N2CCN(C(=O)c3ccco3)CC2)c1C. The summed E-state index contributed by atoms with van der Waals surface area (Å²) in [6.45, 7) is 6.12. The molecular formula is C21H25N3O7. The molecule has 1 N–H and O–H groups in total. The summed E-state index contributed by atoms with van der Waals surface area (Å²) >= 11 is 0. The van der Waals surface area contributed by atoms with Crippen LogP contribution >= 0.6 is 0 Å². The van der Waals surface area contributed by atoms with E-state index in [-0.39, 0.29) is 35.4 Å². The van der Waals surface area contributed by atoms with E-state index >= 15 is 0 Å². The van der Waals surface area contributed by atoms with Gasteiger partial charge < -0.3 is 28.7 Å². The lowest BCUT2D eigenvalue weighted by Gasteiger charge is -2.34. The number of aryl methyl sites for hydroxylation is 1. The number of ether oxygens (including phenoxy) is 2. The van der Waals surface area contributed by atoms with Crippen molar-refractivity contribution >= 4 is 23.8 Å². The molecule has 3 rings (SSSR count). The maximum atomic E-state index is 12.5. The van der Waals surface area contributed by atoms with Crippen LogP contribution in [-0.4, -0.2) is 77.9 Å². The average molecular weight is 431 g/mol. The lowest BCUT2D eigenvalue weighted by Crippen LogP contribution is -2.51. The van der Waals surface area contributed by atoms with Gasteiger partial charge in [-0.2, -0.15) is 0 Å². The highest BCUT2D eigenvalue weighted by molar-refractivity contribution is 5.99. The predicted octanol–water partition coefficient (Wildman–Crippen LogP) is 1.54. The Bertz CT molecular complexity index is 970. The molecule has 1 fully saturated rings. The smallest absolute Gasteiger partial charge is 0.355 e. The number of hydrogen-bond acceptors (Lipinski definition) is 7. The zero-order chi connectivity index (χ0) is 22.5. The zero-order valence-corrected chi connectivity index (χ0v) is 17.7. The van der Waals surface area contributed by atoms with E-state index in [0.717, 1.165) is 0 Å². The number of carbonyl (C=O) groups is 4. The van der Waals surface area contributed by atoms with E-state index in [9.17, 15) is 19.2 Å². The van der Waals surface area contributed by atoms with Crippen LogP contribution in [0.3, 0.4) is 0 Å². The summed E-state index contributed by atoms with van der Waals surface area (Å²) in [4.78, 5) is 55.2. The number of H-pyrrole nitrogens is 1. The fraction of sp³-hybridized carbons (Fsp3) is 0.429. The quantitative estimate of drug-likeness (QED) is 0.689. The Kier molecular flexibility index (Phi) is 6.78.